The van der Waals surface area contributed by atoms with Crippen LogP contribution in [0, 0.1) is 5.41 Å². The van der Waals surface area contributed by atoms with E-state index in [0.717, 1.165) is 35.5 Å². The van der Waals surface area contributed by atoms with Crippen LogP contribution in [0.1, 0.15) is 62.3 Å². The molecule has 5 rings (SSSR count). The van der Waals surface area contributed by atoms with Crippen molar-refractivity contribution in [1.82, 2.24) is 4.37 Å². The molecule has 0 unspecified atom stereocenters. The van der Waals surface area contributed by atoms with E-state index < -0.39 is 0 Å². The molecular formula is C26H27NO2S. The summed E-state index contributed by atoms with van der Waals surface area (Å²) in [5.74, 6) is 0.878. The highest BCUT2D eigenvalue weighted by Gasteiger charge is 2.29. The van der Waals surface area contributed by atoms with E-state index in [1.54, 1.807) is 6.07 Å². The lowest BCUT2D eigenvalue weighted by Crippen LogP contribution is -2.14. The van der Waals surface area contributed by atoms with Gasteiger partial charge in [-0.3, -0.25) is 9.17 Å². The van der Waals surface area contributed by atoms with Crippen molar-refractivity contribution < 1.29 is 4.74 Å². The van der Waals surface area contributed by atoms with Crippen molar-refractivity contribution in [2.24, 2.45) is 5.41 Å². The van der Waals surface area contributed by atoms with E-state index >= 15 is 0 Å². The minimum atomic E-state index is -0.0506. The van der Waals surface area contributed by atoms with Crippen molar-refractivity contribution in [3.63, 3.8) is 0 Å². The zero-order valence-corrected chi connectivity index (χ0v) is 18.4. The fraction of sp³-hybridized carbons (Fsp3) is 0.346. The maximum Gasteiger partial charge on any atom is 0.258 e. The Bertz CT molecular complexity index is 1150. The molecule has 0 fully saturated rings. The zero-order valence-electron chi connectivity index (χ0n) is 17.5. The highest BCUT2D eigenvalue weighted by molar-refractivity contribution is 7.09. The minimum Gasteiger partial charge on any atom is -0.486 e. The van der Waals surface area contributed by atoms with Gasteiger partial charge in [-0.2, -0.15) is 0 Å². The lowest BCUT2D eigenvalue weighted by atomic mass is 9.76. The molecule has 30 heavy (non-hydrogen) atoms. The van der Waals surface area contributed by atoms with E-state index in [1.807, 2.05) is 24.3 Å². The molecule has 4 heteroatoms. The lowest BCUT2D eigenvalue weighted by molar-refractivity contribution is 0.207. The zero-order chi connectivity index (χ0) is 20.7. The molecule has 0 amide bonds. The van der Waals surface area contributed by atoms with Gasteiger partial charge >= 0.3 is 0 Å². The molecule has 1 N–H and O–H groups in total. The van der Waals surface area contributed by atoms with Gasteiger partial charge < -0.3 is 4.74 Å². The second-order valence-electron chi connectivity index (χ2n) is 9.22. The number of aromatic nitrogens is 1. The first kappa shape index (κ1) is 19.4. The van der Waals surface area contributed by atoms with Crippen LogP contribution in [0.25, 0.3) is 16.0 Å². The number of hydrogen-bond donors (Lipinski definition) is 1. The Morgan fingerprint density at radius 3 is 2.63 bits per heavy atom. The second-order valence-corrected chi connectivity index (χ2v) is 10.1. The maximum atomic E-state index is 11.4. The first-order valence-electron chi connectivity index (χ1n) is 10.8. The number of hydrogen-bond acceptors (Lipinski definition) is 3. The number of aromatic amines is 1. The SMILES string of the molecule is CC1(C)CC=C(c2cccc3c2CC[C@H]3Oc2ccc(-c3cc(=O)[nH]s3)cc2)CC1. The molecule has 1 aromatic heterocycles. The summed E-state index contributed by atoms with van der Waals surface area (Å²) in [4.78, 5) is 12.3. The molecule has 2 aromatic carbocycles. The Morgan fingerprint density at radius 1 is 1.10 bits per heavy atom. The minimum absolute atomic E-state index is 0.0506. The van der Waals surface area contributed by atoms with Crippen LogP contribution in [-0.4, -0.2) is 4.37 Å². The van der Waals surface area contributed by atoms with Crippen LogP contribution < -0.4 is 10.3 Å². The largest absolute Gasteiger partial charge is 0.486 e. The van der Waals surface area contributed by atoms with E-state index in [2.05, 4.69) is 42.5 Å². The summed E-state index contributed by atoms with van der Waals surface area (Å²) in [6, 6.07) is 16.4. The molecule has 0 saturated heterocycles. The van der Waals surface area contributed by atoms with Gasteiger partial charge in [0.2, 0.25) is 0 Å². The summed E-state index contributed by atoms with van der Waals surface area (Å²) in [6.07, 6.45) is 8.25. The van der Waals surface area contributed by atoms with Gasteiger partial charge in [0.15, 0.2) is 0 Å². The molecule has 0 spiro atoms. The van der Waals surface area contributed by atoms with Crippen molar-refractivity contribution in [3.05, 3.63) is 81.7 Å². The number of H-pyrrole nitrogens is 1. The van der Waals surface area contributed by atoms with Gasteiger partial charge in [-0.1, -0.05) is 49.7 Å². The predicted octanol–water partition coefficient (Wildman–Crippen LogP) is 6.76. The van der Waals surface area contributed by atoms with Gasteiger partial charge in [-0.15, -0.1) is 0 Å². The van der Waals surface area contributed by atoms with Crippen LogP contribution >= 0.6 is 11.5 Å². The maximum absolute atomic E-state index is 11.4. The topological polar surface area (TPSA) is 42.1 Å². The van der Waals surface area contributed by atoms with Crippen molar-refractivity contribution in [1.29, 1.82) is 0 Å². The third-order valence-corrected chi connectivity index (χ3v) is 7.35. The van der Waals surface area contributed by atoms with Gasteiger partial charge in [0.05, 0.1) is 4.88 Å². The van der Waals surface area contributed by atoms with Crippen molar-refractivity contribution in [2.75, 3.05) is 0 Å². The number of rotatable bonds is 4. The molecule has 1 atom stereocenters. The average Bonchev–Trinajstić information content (AvgIpc) is 3.35. The third-order valence-electron chi connectivity index (χ3n) is 6.47. The summed E-state index contributed by atoms with van der Waals surface area (Å²) in [7, 11) is 0. The first-order chi connectivity index (χ1) is 14.5. The highest BCUT2D eigenvalue weighted by atomic mass is 32.1. The van der Waals surface area contributed by atoms with Crippen molar-refractivity contribution in [2.45, 2.75) is 52.1 Å². The summed E-state index contributed by atoms with van der Waals surface area (Å²) in [6.45, 7) is 4.72. The molecule has 1 heterocycles. The normalized spacial score (nSPS) is 19.9. The number of fused-ring (bicyclic) bond motifs is 1. The van der Waals surface area contributed by atoms with Crippen LogP contribution in [0.2, 0.25) is 0 Å². The molecule has 3 nitrogen and oxygen atoms in total. The second kappa shape index (κ2) is 7.59. The van der Waals surface area contributed by atoms with Gasteiger partial charge in [0.1, 0.15) is 11.9 Å². The number of ether oxygens (including phenoxy) is 1. The van der Waals surface area contributed by atoms with Gasteiger partial charge in [-0.25, -0.2) is 0 Å². The molecule has 0 aliphatic heterocycles. The quantitative estimate of drug-likeness (QED) is 0.509. The Kier molecular flexibility index (Phi) is 4.90. The Balaban J connectivity index is 1.36. The third kappa shape index (κ3) is 3.77. The van der Waals surface area contributed by atoms with Gasteiger partial charge in [0, 0.05) is 6.07 Å². The molecular weight excluding hydrogens is 390 g/mol. The van der Waals surface area contributed by atoms with Crippen LogP contribution in [-0.2, 0) is 6.42 Å². The smallest absolute Gasteiger partial charge is 0.258 e. The number of benzene rings is 2. The Labute approximate surface area is 181 Å². The molecule has 154 valence electrons. The number of allylic oxidation sites excluding steroid dienone is 2. The van der Waals surface area contributed by atoms with Crippen molar-refractivity contribution >= 4 is 17.1 Å². The monoisotopic (exact) mass is 417 g/mol. The van der Waals surface area contributed by atoms with Crippen LogP contribution in [0.4, 0.5) is 0 Å². The van der Waals surface area contributed by atoms with E-state index in [4.69, 9.17) is 4.74 Å². The highest BCUT2D eigenvalue weighted by Crippen LogP contribution is 2.43. The van der Waals surface area contributed by atoms with Gasteiger partial charge in [-0.05, 0) is 89.6 Å². The summed E-state index contributed by atoms with van der Waals surface area (Å²) in [5.41, 5.74) is 7.18. The molecule has 0 radical (unpaired) electrons. The number of nitrogens with one attached hydrogen (secondary N) is 1. The molecule has 3 aromatic rings. The van der Waals surface area contributed by atoms with Crippen LogP contribution in [0.5, 0.6) is 5.75 Å². The Hall–Kier alpha value is -2.59. The Morgan fingerprint density at radius 2 is 1.93 bits per heavy atom. The molecule has 0 bridgehead atoms. The first-order valence-corrected chi connectivity index (χ1v) is 11.6. The molecule has 2 aliphatic rings. The van der Waals surface area contributed by atoms with E-state index in [-0.39, 0.29) is 11.7 Å². The molecule has 0 saturated carbocycles. The predicted molar refractivity (Wildman–Crippen MR) is 124 cm³/mol. The standard InChI is InChI=1S/C26H27NO2S/c1-26(2)14-12-17(13-15-26)20-4-3-5-22-21(20)10-11-23(22)29-19-8-6-18(7-9-19)24-16-25(28)27-30-24/h3-9,12,16,23H,10-11,13-15H2,1-2H3,(H,27,28)/t23-/m1/s1. The summed E-state index contributed by atoms with van der Waals surface area (Å²) in [5, 5.41) is 0. The molecule has 2 aliphatic carbocycles. The summed E-state index contributed by atoms with van der Waals surface area (Å²) < 4.78 is 9.13. The average molecular weight is 418 g/mol. The van der Waals surface area contributed by atoms with Crippen molar-refractivity contribution in [3.8, 4) is 16.2 Å². The lowest BCUT2D eigenvalue weighted by Gasteiger charge is -2.29. The fourth-order valence-corrected chi connectivity index (χ4v) is 5.34. The van der Waals surface area contributed by atoms with E-state index in [9.17, 15) is 4.79 Å². The van der Waals surface area contributed by atoms with E-state index in [0.29, 0.717) is 5.41 Å². The van der Waals surface area contributed by atoms with Gasteiger partial charge in [0.25, 0.3) is 5.56 Å². The van der Waals surface area contributed by atoms with Crippen LogP contribution in [0.15, 0.2) is 59.4 Å². The van der Waals surface area contributed by atoms with Crippen LogP contribution in [0.3, 0.4) is 0 Å². The van der Waals surface area contributed by atoms with E-state index in [1.165, 1.54) is 46.6 Å². The summed E-state index contributed by atoms with van der Waals surface area (Å²) >= 11 is 1.36. The fourth-order valence-electron chi connectivity index (χ4n) is 4.65.